The van der Waals surface area contributed by atoms with E-state index in [9.17, 15) is 8.42 Å². The lowest BCUT2D eigenvalue weighted by molar-refractivity contribution is 0.311. The van der Waals surface area contributed by atoms with Crippen LogP contribution in [0.1, 0.15) is 13.3 Å². The van der Waals surface area contributed by atoms with Crippen molar-refractivity contribution < 1.29 is 8.42 Å². The third-order valence-electron chi connectivity index (χ3n) is 4.57. The van der Waals surface area contributed by atoms with Gasteiger partial charge < -0.3 is 9.80 Å². The molecule has 1 aliphatic heterocycles. The fourth-order valence-corrected chi connectivity index (χ4v) is 4.12. The summed E-state index contributed by atoms with van der Waals surface area (Å²) in [7, 11) is 0.146. The lowest BCUT2D eigenvalue weighted by atomic mass is 10.2. The summed E-state index contributed by atoms with van der Waals surface area (Å²) in [4.78, 5) is 13.6. The van der Waals surface area contributed by atoms with E-state index in [-0.39, 0.29) is 5.75 Å². The van der Waals surface area contributed by atoms with E-state index in [1.54, 1.807) is 12.1 Å². The smallest absolute Gasteiger partial charge is 0.230 e. The third-order valence-corrected chi connectivity index (χ3v) is 6.66. The highest BCUT2D eigenvalue weighted by molar-refractivity contribution is 7.89. The standard InChI is InChI=1S/C17H25ClN6O2S/c1-4-11-27(25,26)23(3)21-16-14-12-13(18)5-6-15(14)19-17(20-16)24-9-7-22(2)8-10-24/h5-6,12H,4,7-11H2,1-3H3,(H,19,20,21). The van der Waals surface area contributed by atoms with E-state index in [1.807, 2.05) is 13.0 Å². The average molecular weight is 413 g/mol. The van der Waals surface area contributed by atoms with Crippen LogP contribution >= 0.6 is 11.6 Å². The van der Waals surface area contributed by atoms with E-state index < -0.39 is 10.0 Å². The zero-order valence-electron chi connectivity index (χ0n) is 15.8. The maximum atomic E-state index is 12.3. The molecule has 0 bridgehead atoms. The Morgan fingerprint density at radius 3 is 2.59 bits per heavy atom. The number of hydrazine groups is 1. The second kappa shape index (κ2) is 8.14. The molecule has 1 fully saturated rings. The van der Waals surface area contributed by atoms with Crippen LogP contribution in [0.4, 0.5) is 11.8 Å². The number of sulfonamides is 1. The molecule has 0 saturated carbocycles. The molecule has 8 nitrogen and oxygen atoms in total. The van der Waals surface area contributed by atoms with Gasteiger partial charge in [0.25, 0.3) is 0 Å². The van der Waals surface area contributed by atoms with Gasteiger partial charge in [0.15, 0.2) is 5.82 Å². The number of nitrogens with one attached hydrogen (secondary N) is 1. The largest absolute Gasteiger partial charge is 0.338 e. The molecule has 0 atom stereocenters. The molecule has 1 aromatic heterocycles. The number of anilines is 2. The summed E-state index contributed by atoms with van der Waals surface area (Å²) in [5, 5.41) is 1.22. The van der Waals surface area contributed by atoms with Crippen molar-refractivity contribution in [2.75, 3.05) is 56.4 Å². The first-order valence-corrected chi connectivity index (χ1v) is 10.9. The van der Waals surface area contributed by atoms with Gasteiger partial charge in [0.2, 0.25) is 16.0 Å². The van der Waals surface area contributed by atoms with Crippen molar-refractivity contribution in [1.82, 2.24) is 19.3 Å². The average Bonchev–Trinajstić information content (AvgIpc) is 2.62. The Balaban J connectivity index is 1.99. The number of benzene rings is 1. The van der Waals surface area contributed by atoms with E-state index in [1.165, 1.54) is 7.05 Å². The summed E-state index contributed by atoms with van der Waals surface area (Å²) in [5.41, 5.74) is 3.64. The van der Waals surface area contributed by atoms with Gasteiger partial charge in [-0.3, -0.25) is 5.43 Å². The van der Waals surface area contributed by atoms with Gasteiger partial charge in [-0.1, -0.05) is 18.5 Å². The minimum atomic E-state index is -3.42. The maximum Gasteiger partial charge on any atom is 0.230 e. The molecule has 1 N–H and O–H groups in total. The van der Waals surface area contributed by atoms with Gasteiger partial charge in [-0.15, -0.1) is 4.41 Å². The van der Waals surface area contributed by atoms with Gasteiger partial charge in [0.1, 0.15) is 0 Å². The molecule has 1 aliphatic rings. The highest BCUT2D eigenvalue weighted by atomic mass is 35.5. The van der Waals surface area contributed by atoms with Crippen LogP contribution in [0.25, 0.3) is 10.9 Å². The van der Waals surface area contributed by atoms with Crippen molar-refractivity contribution in [2.45, 2.75) is 13.3 Å². The van der Waals surface area contributed by atoms with E-state index in [4.69, 9.17) is 11.6 Å². The molecule has 0 radical (unpaired) electrons. The molecule has 27 heavy (non-hydrogen) atoms. The van der Waals surface area contributed by atoms with Crippen LogP contribution in [0.15, 0.2) is 18.2 Å². The Bertz CT molecular complexity index is 915. The van der Waals surface area contributed by atoms with E-state index >= 15 is 0 Å². The second-order valence-corrected chi connectivity index (χ2v) is 9.28. The maximum absolute atomic E-state index is 12.3. The molecule has 148 valence electrons. The molecule has 0 unspecified atom stereocenters. The zero-order valence-corrected chi connectivity index (χ0v) is 17.4. The summed E-state index contributed by atoms with van der Waals surface area (Å²) in [6, 6.07) is 5.34. The highest BCUT2D eigenvalue weighted by Crippen LogP contribution is 2.27. The van der Waals surface area contributed by atoms with E-state index in [0.29, 0.717) is 34.1 Å². The Kier molecular flexibility index (Phi) is 6.05. The van der Waals surface area contributed by atoms with E-state index in [2.05, 4.69) is 32.2 Å². The van der Waals surface area contributed by atoms with Crippen molar-refractivity contribution in [3.63, 3.8) is 0 Å². The Morgan fingerprint density at radius 2 is 1.93 bits per heavy atom. The van der Waals surface area contributed by atoms with Crippen molar-refractivity contribution in [1.29, 1.82) is 0 Å². The molecule has 1 saturated heterocycles. The van der Waals surface area contributed by atoms with Gasteiger partial charge in [0.05, 0.1) is 11.3 Å². The molecule has 3 rings (SSSR count). The Morgan fingerprint density at radius 1 is 1.22 bits per heavy atom. The lowest BCUT2D eigenvalue weighted by Crippen LogP contribution is -2.45. The fraction of sp³-hybridized carbons (Fsp3) is 0.529. The predicted octanol–water partition coefficient (Wildman–Crippen LogP) is 2.03. The lowest BCUT2D eigenvalue weighted by Gasteiger charge is -2.32. The summed E-state index contributed by atoms with van der Waals surface area (Å²) < 4.78 is 25.8. The Labute approximate surface area is 165 Å². The van der Waals surface area contributed by atoms with Crippen molar-refractivity contribution in [2.24, 2.45) is 0 Å². The van der Waals surface area contributed by atoms with Gasteiger partial charge >= 0.3 is 0 Å². The monoisotopic (exact) mass is 412 g/mol. The molecule has 1 aromatic carbocycles. The van der Waals surface area contributed by atoms with Gasteiger partial charge in [-0.25, -0.2) is 13.4 Å². The van der Waals surface area contributed by atoms with E-state index in [0.717, 1.165) is 30.6 Å². The quantitative estimate of drug-likeness (QED) is 0.727. The van der Waals surface area contributed by atoms with Crippen molar-refractivity contribution in [3.8, 4) is 0 Å². The number of halogens is 1. The molecular weight excluding hydrogens is 388 g/mol. The van der Waals surface area contributed by atoms with Crippen LogP contribution in [0.2, 0.25) is 5.02 Å². The molecule has 0 spiro atoms. The van der Waals surface area contributed by atoms with Gasteiger partial charge in [-0.2, -0.15) is 4.98 Å². The van der Waals surface area contributed by atoms with Crippen molar-refractivity contribution >= 4 is 44.3 Å². The van der Waals surface area contributed by atoms with Crippen LogP contribution in [0.5, 0.6) is 0 Å². The molecule has 0 amide bonds. The summed E-state index contributed by atoms with van der Waals surface area (Å²) in [5.74, 6) is 1.08. The van der Waals surface area contributed by atoms with Crippen LogP contribution in [0.3, 0.4) is 0 Å². The predicted molar refractivity (Wildman–Crippen MR) is 110 cm³/mol. The van der Waals surface area contributed by atoms with Crippen LogP contribution in [-0.2, 0) is 10.0 Å². The number of likely N-dealkylation sites (N-methyl/N-ethyl adjacent to an activating group) is 1. The molecule has 2 heterocycles. The highest BCUT2D eigenvalue weighted by Gasteiger charge is 2.21. The number of piperazine rings is 1. The number of rotatable bonds is 6. The Hall–Kier alpha value is -1.68. The van der Waals surface area contributed by atoms with Gasteiger partial charge in [-0.05, 0) is 31.7 Å². The third kappa shape index (κ3) is 4.60. The molecule has 0 aliphatic carbocycles. The molecular formula is C17H25ClN6O2S. The van der Waals surface area contributed by atoms with Gasteiger partial charge in [0, 0.05) is 43.6 Å². The first kappa shape index (κ1) is 20.1. The number of hydrogen-bond acceptors (Lipinski definition) is 7. The zero-order chi connectivity index (χ0) is 19.6. The number of nitrogens with zero attached hydrogens (tertiary/aromatic N) is 5. The summed E-state index contributed by atoms with van der Waals surface area (Å²) in [6.07, 6.45) is 0.539. The van der Waals surface area contributed by atoms with Crippen LogP contribution < -0.4 is 10.3 Å². The minimum absolute atomic E-state index is 0.0611. The SMILES string of the molecule is CCCS(=O)(=O)N(C)Nc1nc(N2CCN(C)CC2)nc2ccc(Cl)cc12. The van der Waals surface area contributed by atoms with Crippen molar-refractivity contribution in [3.05, 3.63) is 23.2 Å². The summed E-state index contributed by atoms with van der Waals surface area (Å²) >= 11 is 6.14. The summed E-state index contributed by atoms with van der Waals surface area (Å²) in [6.45, 7) is 5.32. The topological polar surface area (TPSA) is 81.7 Å². The minimum Gasteiger partial charge on any atom is -0.338 e. The number of fused-ring (bicyclic) bond motifs is 1. The number of aromatic nitrogens is 2. The first-order chi connectivity index (χ1) is 12.8. The number of hydrogen-bond donors (Lipinski definition) is 1. The molecule has 2 aromatic rings. The molecule has 10 heteroatoms. The van der Waals surface area contributed by atoms with Crippen LogP contribution in [0, 0.1) is 0 Å². The second-order valence-electron chi connectivity index (χ2n) is 6.72. The normalized spacial score (nSPS) is 16.3. The van der Waals surface area contributed by atoms with Crippen LogP contribution in [-0.4, -0.2) is 73.7 Å². The first-order valence-electron chi connectivity index (χ1n) is 8.94. The fourth-order valence-electron chi connectivity index (χ4n) is 2.94.